The van der Waals surface area contributed by atoms with E-state index in [4.69, 9.17) is 4.74 Å². The molecule has 2 aromatic rings. The number of hydrogen-bond acceptors (Lipinski definition) is 2. The maximum absolute atomic E-state index is 5.86. The number of nitrogens with one attached hydrogen (secondary N) is 1. The average molecular weight is 371 g/mol. The molecule has 0 radical (unpaired) electrons. The second-order valence-electron chi connectivity index (χ2n) is 3.85. The van der Waals surface area contributed by atoms with Gasteiger partial charge in [-0.2, -0.15) is 0 Å². The average Bonchev–Trinajstić information content (AvgIpc) is 2.34. The second kappa shape index (κ2) is 6.36. The lowest BCUT2D eigenvalue weighted by molar-refractivity contribution is 0.478. The summed E-state index contributed by atoms with van der Waals surface area (Å²) >= 11 is 6.91. The van der Waals surface area contributed by atoms with Gasteiger partial charge in [0.1, 0.15) is 11.5 Å². The fraction of sp³-hybridized carbons (Fsp3) is 0.143. The molecule has 2 rings (SSSR count). The first-order valence-electron chi connectivity index (χ1n) is 5.55. The molecule has 0 aromatic heterocycles. The molecule has 0 heterocycles. The van der Waals surface area contributed by atoms with Gasteiger partial charge in [-0.15, -0.1) is 0 Å². The second-order valence-corrected chi connectivity index (χ2v) is 5.62. The molecule has 0 saturated heterocycles. The van der Waals surface area contributed by atoms with E-state index in [0.29, 0.717) is 0 Å². The monoisotopic (exact) mass is 369 g/mol. The predicted molar refractivity (Wildman–Crippen MR) is 81.1 cm³/mol. The first-order valence-corrected chi connectivity index (χ1v) is 7.14. The van der Waals surface area contributed by atoms with Crippen molar-refractivity contribution < 1.29 is 4.74 Å². The van der Waals surface area contributed by atoms with Crippen LogP contribution in [0.4, 0.5) is 0 Å². The van der Waals surface area contributed by atoms with Crippen LogP contribution in [0.15, 0.2) is 51.4 Å². The zero-order valence-corrected chi connectivity index (χ0v) is 13.1. The fourth-order valence-electron chi connectivity index (χ4n) is 1.61. The molecule has 2 aromatic carbocycles. The van der Waals surface area contributed by atoms with E-state index in [9.17, 15) is 0 Å². The Kier molecular flexibility index (Phi) is 4.80. The van der Waals surface area contributed by atoms with Crippen LogP contribution in [0.1, 0.15) is 5.56 Å². The Hall–Kier alpha value is -0.840. The molecule has 1 N–H and O–H groups in total. The molecule has 94 valence electrons. The zero-order chi connectivity index (χ0) is 13.0. The Morgan fingerprint density at radius 2 is 1.94 bits per heavy atom. The summed E-state index contributed by atoms with van der Waals surface area (Å²) in [5.41, 5.74) is 1.20. The van der Waals surface area contributed by atoms with E-state index in [2.05, 4.69) is 43.2 Å². The number of halogens is 2. The zero-order valence-electron chi connectivity index (χ0n) is 9.91. The van der Waals surface area contributed by atoms with E-state index < -0.39 is 0 Å². The van der Waals surface area contributed by atoms with Crippen molar-refractivity contribution in [1.82, 2.24) is 5.32 Å². The van der Waals surface area contributed by atoms with Crippen LogP contribution >= 0.6 is 31.9 Å². The predicted octanol–water partition coefficient (Wildman–Crippen LogP) is 4.72. The summed E-state index contributed by atoms with van der Waals surface area (Å²) in [4.78, 5) is 0. The van der Waals surface area contributed by atoms with Gasteiger partial charge in [0.05, 0.1) is 4.47 Å². The van der Waals surface area contributed by atoms with Crippen LogP contribution in [-0.4, -0.2) is 7.05 Å². The lowest BCUT2D eigenvalue weighted by atomic mass is 10.2. The highest BCUT2D eigenvalue weighted by atomic mass is 79.9. The van der Waals surface area contributed by atoms with Crippen LogP contribution < -0.4 is 10.1 Å². The lowest BCUT2D eigenvalue weighted by Gasteiger charge is -2.09. The smallest absolute Gasteiger partial charge is 0.141 e. The maximum Gasteiger partial charge on any atom is 0.141 e. The van der Waals surface area contributed by atoms with E-state index in [1.54, 1.807) is 0 Å². The molecule has 2 nitrogen and oxygen atoms in total. The topological polar surface area (TPSA) is 21.3 Å². The van der Waals surface area contributed by atoms with Gasteiger partial charge >= 0.3 is 0 Å². The van der Waals surface area contributed by atoms with Crippen molar-refractivity contribution in [3.05, 3.63) is 57.0 Å². The van der Waals surface area contributed by atoms with Crippen LogP contribution in [0, 0.1) is 0 Å². The van der Waals surface area contributed by atoms with E-state index in [-0.39, 0.29) is 0 Å². The van der Waals surface area contributed by atoms with Gasteiger partial charge in [0, 0.05) is 11.0 Å². The largest absolute Gasteiger partial charge is 0.456 e. The molecular weight excluding hydrogens is 358 g/mol. The van der Waals surface area contributed by atoms with Crippen LogP contribution in [0.3, 0.4) is 0 Å². The van der Waals surface area contributed by atoms with E-state index >= 15 is 0 Å². The molecule has 0 aliphatic heterocycles. The van der Waals surface area contributed by atoms with Crippen molar-refractivity contribution >= 4 is 31.9 Å². The molecule has 0 aliphatic rings. The highest BCUT2D eigenvalue weighted by molar-refractivity contribution is 9.11. The normalized spacial score (nSPS) is 10.4. The Bertz CT molecular complexity index is 543. The van der Waals surface area contributed by atoms with Gasteiger partial charge in [-0.3, -0.25) is 0 Å². The standard InChI is InChI=1S/C14H13Br2NO/c1-17-9-10-3-2-4-12(7-10)18-14-6-5-11(15)8-13(14)16/h2-8,17H,9H2,1H3. The quantitative estimate of drug-likeness (QED) is 0.840. The van der Waals surface area contributed by atoms with Crippen molar-refractivity contribution in [2.24, 2.45) is 0 Å². The molecule has 0 unspecified atom stereocenters. The summed E-state index contributed by atoms with van der Waals surface area (Å²) in [6, 6.07) is 13.9. The molecule has 18 heavy (non-hydrogen) atoms. The van der Waals surface area contributed by atoms with Gasteiger partial charge in [0.25, 0.3) is 0 Å². The van der Waals surface area contributed by atoms with Crippen LogP contribution in [0.5, 0.6) is 11.5 Å². The maximum atomic E-state index is 5.86. The minimum absolute atomic E-state index is 0.805. The van der Waals surface area contributed by atoms with E-state index in [0.717, 1.165) is 27.0 Å². The number of benzene rings is 2. The third kappa shape index (κ3) is 3.57. The van der Waals surface area contributed by atoms with Crippen molar-refractivity contribution in [1.29, 1.82) is 0 Å². The first kappa shape index (κ1) is 13.6. The number of hydrogen-bond donors (Lipinski definition) is 1. The van der Waals surface area contributed by atoms with Crippen molar-refractivity contribution in [2.45, 2.75) is 6.54 Å². The van der Waals surface area contributed by atoms with Gasteiger partial charge in [0.15, 0.2) is 0 Å². The Morgan fingerprint density at radius 1 is 1.11 bits per heavy atom. The van der Waals surface area contributed by atoms with Gasteiger partial charge in [0.2, 0.25) is 0 Å². The summed E-state index contributed by atoms with van der Waals surface area (Å²) in [6.07, 6.45) is 0. The molecule has 0 saturated carbocycles. The summed E-state index contributed by atoms with van der Waals surface area (Å²) in [5.74, 6) is 1.64. The fourth-order valence-corrected chi connectivity index (χ4v) is 2.74. The minimum Gasteiger partial charge on any atom is -0.456 e. The SMILES string of the molecule is CNCc1cccc(Oc2ccc(Br)cc2Br)c1. The van der Waals surface area contributed by atoms with Crippen molar-refractivity contribution in [2.75, 3.05) is 7.05 Å². The van der Waals surface area contributed by atoms with Crippen LogP contribution in [-0.2, 0) is 6.54 Å². The molecule has 0 aliphatic carbocycles. The highest BCUT2D eigenvalue weighted by Crippen LogP contribution is 2.32. The van der Waals surface area contributed by atoms with Gasteiger partial charge in [-0.1, -0.05) is 28.1 Å². The third-order valence-electron chi connectivity index (χ3n) is 2.40. The molecular formula is C14H13Br2NO. The van der Waals surface area contributed by atoms with E-state index in [1.165, 1.54) is 5.56 Å². The van der Waals surface area contributed by atoms with Crippen LogP contribution in [0.25, 0.3) is 0 Å². The lowest BCUT2D eigenvalue weighted by Crippen LogP contribution is -2.04. The summed E-state index contributed by atoms with van der Waals surface area (Å²) in [5, 5.41) is 3.12. The number of ether oxygens (including phenoxy) is 1. The van der Waals surface area contributed by atoms with Crippen LogP contribution in [0.2, 0.25) is 0 Å². The van der Waals surface area contributed by atoms with Gasteiger partial charge in [-0.05, 0) is 58.9 Å². The van der Waals surface area contributed by atoms with Gasteiger partial charge in [-0.25, -0.2) is 0 Å². The Balaban J connectivity index is 2.20. The molecule has 0 fully saturated rings. The Morgan fingerprint density at radius 3 is 2.67 bits per heavy atom. The molecule has 4 heteroatoms. The Labute approximate surface area is 124 Å². The third-order valence-corrected chi connectivity index (χ3v) is 3.51. The molecule has 0 bridgehead atoms. The summed E-state index contributed by atoms with van der Waals surface area (Å²) in [7, 11) is 1.93. The first-order chi connectivity index (χ1) is 8.69. The summed E-state index contributed by atoms with van der Waals surface area (Å²) in [6.45, 7) is 0.832. The number of rotatable bonds is 4. The van der Waals surface area contributed by atoms with Crippen molar-refractivity contribution in [3.8, 4) is 11.5 Å². The molecule has 0 atom stereocenters. The van der Waals surface area contributed by atoms with Crippen molar-refractivity contribution in [3.63, 3.8) is 0 Å². The minimum atomic E-state index is 0.805. The molecule has 0 spiro atoms. The van der Waals surface area contributed by atoms with E-state index in [1.807, 2.05) is 43.4 Å². The molecule has 0 amide bonds. The van der Waals surface area contributed by atoms with Gasteiger partial charge < -0.3 is 10.1 Å². The highest BCUT2D eigenvalue weighted by Gasteiger charge is 2.04. The summed E-state index contributed by atoms with van der Waals surface area (Å²) < 4.78 is 7.80.